The van der Waals surface area contributed by atoms with Crippen LogP contribution in [-0.4, -0.2) is 42.0 Å². The minimum atomic E-state index is -0.105. The lowest BCUT2D eigenvalue weighted by molar-refractivity contribution is 0.0281. The first kappa shape index (κ1) is 14.5. The monoisotopic (exact) mass is 281 g/mol. The van der Waals surface area contributed by atoms with Crippen LogP contribution in [0.15, 0.2) is 24.3 Å². The van der Waals surface area contributed by atoms with Gasteiger partial charge in [0.1, 0.15) is 0 Å². The maximum Gasteiger partial charge on any atom is 0.164 e. The molecule has 1 fully saturated rings. The van der Waals surface area contributed by atoms with Gasteiger partial charge in [0.2, 0.25) is 0 Å². The largest absolute Gasteiger partial charge is 0.393 e. The third-order valence-electron chi connectivity index (χ3n) is 3.65. The van der Waals surface area contributed by atoms with Crippen molar-refractivity contribution in [2.45, 2.75) is 25.4 Å². The fraction of sp³-hybridized carbons (Fsp3) is 0.533. The molecule has 1 aliphatic carbocycles. The van der Waals surface area contributed by atoms with Crippen LogP contribution >= 0.6 is 11.6 Å². The highest BCUT2D eigenvalue weighted by atomic mass is 35.5. The number of ketones is 1. The number of hydrogen-bond acceptors (Lipinski definition) is 3. The molecule has 0 spiro atoms. The number of nitrogens with zero attached hydrogens (tertiary/aromatic N) is 1. The standard InChI is InChI=1S/C15H20ClNO2/c1-17(10-11-7-14(18)8-11)6-5-15(19)12-3-2-4-13(16)9-12/h2-4,9,11,14,18H,5-8,10H2,1H3. The number of carbonyl (C=O) groups excluding carboxylic acids is 1. The summed E-state index contributed by atoms with van der Waals surface area (Å²) in [4.78, 5) is 14.2. The van der Waals surface area contributed by atoms with Crippen LogP contribution in [0.25, 0.3) is 0 Å². The van der Waals surface area contributed by atoms with Crippen LogP contribution in [0.1, 0.15) is 29.6 Å². The third-order valence-corrected chi connectivity index (χ3v) is 3.88. The van der Waals surface area contributed by atoms with Gasteiger partial charge < -0.3 is 10.0 Å². The van der Waals surface area contributed by atoms with E-state index in [4.69, 9.17) is 11.6 Å². The Hall–Kier alpha value is -0.900. The molecule has 104 valence electrons. The summed E-state index contributed by atoms with van der Waals surface area (Å²) in [5.41, 5.74) is 0.681. The second-order valence-corrected chi connectivity index (χ2v) is 5.87. The first-order valence-corrected chi connectivity index (χ1v) is 7.08. The minimum Gasteiger partial charge on any atom is -0.393 e. The molecule has 1 aromatic rings. The molecule has 0 saturated heterocycles. The van der Waals surface area contributed by atoms with Gasteiger partial charge in [-0.1, -0.05) is 23.7 Å². The molecule has 2 rings (SSSR count). The Labute approximate surface area is 119 Å². The average Bonchev–Trinajstić information content (AvgIpc) is 2.34. The van der Waals surface area contributed by atoms with Gasteiger partial charge in [-0.3, -0.25) is 4.79 Å². The number of aliphatic hydroxyl groups is 1. The molecular weight excluding hydrogens is 262 g/mol. The highest BCUT2D eigenvalue weighted by molar-refractivity contribution is 6.31. The fourth-order valence-electron chi connectivity index (χ4n) is 2.48. The van der Waals surface area contributed by atoms with E-state index < -0.39 is 0 Å². The highest BCUT2D eigenvalue weighted by Gasteiger charge is 2.27. The number of Topliss-reactive ketones (excluding diaryl/α,β-unsaturated/α-hetero) is 1. The summed E-state index contributed by atoms with van der Waals surface area (Å²) in [6.07, 6.45) is 2.19. The zero-order valence-electron chi connectivity index (χ0n) is 11.2. The van der Waals surface area contributed by atoms with E-state index in [1.165, 1.54) is 0 Å². The lowest BCUT2D eigenvalue weighted by Crippen LogP contribution is -2.37. The molecule has 0 bridgehead atoms. The van der Waals surface area contributed by atoms with E-state index in [0.29, 0.717) is 22.9 Å². The van der Waals surface area contributed by atoms with Crippen molar-refractivity contribution in [1.29, 1.82) is 0 Å². The lowest BCUT2D eigenvalue weighted by atomic mass is 9.82. The van der Waals surface area contributed by atoms with E-state index in [2.05, 4.69) is 4.90 Å². The average molecular weight is 282 g/mol. The van der Waals surface area contributed by atoms with E-state index in [0.717, 1.165) is 25.9 Å². The molecule has 0 aromatic heterocycles. The van der Waals surface area contributed by atoms with Gasteiger partial charge in [-0.05, 0) is 37.9 Å². The molecule has 0 heterocycles. The molecule has 1 aliphatic rings. The van der Waals surface area contributed by atoms with Crippen LogP contribution in [0.4, 0.5) is 0 Å². The summed E-state index contributed by atoms with van der Waals surface area (Å²) in [5, 5.41) is 9.84. The fourth-order valence-corrected chi connectivity index (χ4v) is 2.67. The topological polar surface area (TPSA) is 40.5 Å². The zero-order valence-corrected chi connectivity index (χ0v) is 11.9. The molecular formula is C15H20ClNO2. The molecule has 0 atom stereocenters. The Morgan fingerprint density at radius 1 is 1.47 bits per heavy atom. The highest BCUT2D eigenvalue weighted by Crippen LogP contribution is 2.27. The predicted molar refractivity (Wildman–Crippen MR) is 76.6 cm³/mol. The molecule has 1 aromatic carbocycles. The van der Waals surface area contributed by atoms with Crippen molar-refractivity contribution in [3.05, 3.63) is 34.9 Å². The second-order valence-electron chi connectivity index (χ2n) is 5.44. The van der Waals surface area contributed by atoms with Gasteiger partial charge in [0, 0.05) is 30.1 Å². The van der Waals surface area contributed by atoms with Gasteiger partial charge in [0.15, 0.2) is 5.78 Å². The third kappa shape index (κ3) is 4.30. The van der Waals surface area contributed by atoms with Crippen molar-refractivity contribution >= 4 is 17.4 Å². The summed E-state index contributed by atoms with van der Waals surface area (Å²) >= 11 is 5.87. The Kier molecular flexibility index (Phi) is 4.97. The van der Waals surface area contributed by atoms with Crippen LogP contribution in [-0.2, 0) is 0 Å². The number of halogens is 1. The Balaban J connectivity index is 1.74. The van der Waals surface area contributed by atoms with Gasteiger partial charge in [-0.2, -0.15) is 0 Å². The number of hydrogen-bond donors (Lipinski definition) is 1. The van der Waals surface area contributed by atoms with Gasteiger partial charge in [0.25, 0.3) is 0 Å². The predicted octanol–water partition coefficient (Wildman–Crippen LogP) is 2.62. The van der Waals surface area contributed by atoms with Crippen LogP contribution in [0.2, 0.25) is 5.02 Å². The summed E-state index contributed by atoms with van der Waals surface area (Å²) in [6.45, 7) is 1.71. The second kappa shape index (κ2) is 6.51. The van der Waals surface area contributed by atoms with Gasteiger partial charge in [-0.25, -0.2) is 0 Å². The van der Waals surface area contributed by atoms with Crippen molar-refractivity contribution in [3.63, 3.8) is 0 Å². The molecule has 4 heteroatoms. The summed E-state index contributed by atoms with van der Waals surface area (Å²) in [7, 11) is 2.02. The molecule has 0 unspecified atom stereocenters. The smallest absolute Gasteiger partial charge is 0.164 e. The van der Waals surface area contributed by atoms with Gasteiger partial charge in [-0.15, -0.1) is 0 Å². The summed E-state index contributed by atoms with van der Waals surface area (Å²) < 4.78 is 0. The van der Waals surface area contributed by atoms with E-state index in [-0.39, 0.29) is 11.9 Å². The van der Waals surface area contributed by atoms with Crippen LogP contribution in [0, 0.1) is 5.92 Å². The van der Waals surface area contributed by atoms with Crippen molar-refractivity contribution in [3.8, 4) is 0 Å². The van der Waals surface area contributed by atoms with Crippen molar-refractivity contribution < 1.29 is 9.90 Å². The Bertz CT molecular complexity index is 444. The SMILES string of the molecule is CN(CCC(=O)c1cccc(Cl)c1)CC1CC(O)C1. The maximum absolute atomic E-state index is 12.0. The normalized spacial score (nSPS) is 22.3. The molecule has 1 saturated carbocycles. The number of carbonyl (C=O) groups is 1. The minimum absolute atomic E-state index is 0.105. The Morgan fingerprint density at radius 2 is 2.21 bits per heavy atom. The molecule has 19 heavy (non-hydrogen) atoms. The zero-order chi connectivity index (χ0) is 13.8. The quantitative estimate of drug-likeness (QED) is 0.815. The molecule has 3 nitrogen and oxygen atoms in total. The number of aliphatic hydroxyl groups excluding tert-OH is 1. The number of rotatable bonds is 6. The van der Waals surface area contributed by atoms with Crippen LogP contribution in [0.3, 0.4) is 0 Å². The van der Waals surface area contributed by atoms with Gasteiger partial charge in [0.05, 0.1) is 6.10 Å². The van der Waals surface area contributed by atoms with E-state index >= 15 is 0 Å². The van der Waals surface area contributed by atoms with Crippen molar-refractivity contribution in [2.24, 2.45) is 5.92 Å². The molecule has 0 amide bonds. The van der Waals surface area contributed by atoms with E-state index in [9.17, 15) is 9.90 Å². The van der Waals surface area contributed by atoms with E-state index in [1.807, 2.05) is 7.05 Å². The van der Waals surface area contributed by atoms with Crippen LogP contribution < -0.4 is 0 Å². The van der Waals surface area contributed by atoms with Crippen molar-refractivity contribution in [1.82, 2.24) is 4.90 Å². The molecule has 1 N–H and O–H groups in total. The van der Waals surface area contributed by atoms with Crippen molar-refractivity contribution in [2.75, 3.05) is 20.1 Å². The molecule has 0 aliphatic heterocycles. The lowest BCUT2D eigenvalue weighted by Gasteiger charge is -2.34. The Morgan fingerprint density at radius 3 is 2.84 bits per heavy atom. The molecule has 0 radical (unpaired) electrons. The summed E-state index contributed by atoms with van der Waals surface area (Å²) in [5.74, 6) is 0.712. The maximum atomic E-state index is 12.0. The number of benzene rings is 1. The van der Waals surface area contributed by atoms with E-state index in [1.54, 1.807) is 24.3 Å². The summed E-state index contributed by atoms with van der Waals surface area (Å²) in [6, 6.07) is 7.09. The van der Waals surface area contributed by atoms with Crippen LogP contribution in [0.5, 0.6) is 0 Å². The van der Waals surface area contributed by atoms with Gasteiger partial charge >= 0.3 is 0 Å². The first-order chi connectivity index (χ1) is 9.04. The first-order valence-electron chi connectivity index (χ1n) is 6.70.